The number of nitrogens with zero attached hydrogens (tertiary/aromatic N) is 2. The summed E-state index contributed by atoms with van der Waals surface area (Å²) in [4.78, 5) is 8.83. The molecule has 1 aromatic carbocycles. The van der Waals surface area contributed by atoms with Crippen LogP contribution in [0.1, 0.15) is 30.1 Å². The predicted molar refractivity (Wildman–Crippen MR) is 86.1 cm³/mol. The van der Waals surface area contributed by atoms with Crippen LogP contribution in [0.2, 0.25) is 0 Å². The van der Waals surface area contributed by atoms with Gasteiger partial charge in [-0.05, 0) is 36.6 Å². The van der Waals surface area contributed by atoms with Gasteiger partial charge in [-0.2, -0.15) is 4.98 Å². The second-order valence-electron chi connectivity index (χ2n) is 5.03. The smallest absolute Gasteiger partial charge is 0.220 e. The number of hydrogen-bond donors (Lipinski definition) is 1. The Morgan fingerprint density at radius 3 is 2.95 bits per heavy atom. The van der Waals surface area contributed by atoms with Crippen molar-refractivity contribution in [3.05, 3.63) is 41.5 Å². The van der Waals surface area contributed by atoms with E-state index in [1.54, 1.807) is 0 Å². The molecule has 1 unspecified atom stereocenters. The summed E-state index contributed by atoms with van der Waals surface area (Å²) in [6.45, 7) is 0. The number of ether oxygens (including phenoxy) is 1. The van der Waals surface area contributed by atoms with Crippen molar-refractivity contribution in [2.75, 3.05) is 18.6 Å². The van der Waals surface area contributed by atoms with E-state index in [0.717, 1.165) is 30.2 Å². The lowest BCUT2D eigenvalue weighted by atomic mass is 9.89. The first-order valence-corrected chi connectivity index (χ1v) is 8.38. The summed E-state index contributed by atoms with van der Waals surface area (Å²) < 4.78 is 6.16. The van der Waals surface area contributed by atoms with Gasteiger partial charge in [-0.15, -0.1) is 0 Å². The van der Waals surface area contributed by atoms with E-state index in [4.69, 9.17) is 4.74 Å². The molecule has 5 heteroatoms. The Balaban J connectivity index is 1.87. The fourth-order valence-corrected chi connectivity index (χ4v) is 3.03. The highest BCUT2D eigenvalue weighted by atomic mass is 32.2. The molecule has 1 aromatic heterocycles. The first-order chi connectivity index (χ1) is 10.3. The number of aromatic nitrogens is 2. The standard InChI is InChI=1S/C16H19N3OS/c1-17-14-10-15(19-16(18-14)21-2)20-13-9-5-7-11-6-3-4-8-12(11)13/h3-4,6,8,10,13H,5,7,9H2,1-2H3,(H,17,18,19). The van der Waals surface area contributed by atoms with Crippen molar-refractivity contribution in [2.24, 2.45) is 0 Å². The fraction of sp³-hybridized carbons (Fsp3) is 0.375. The maximum Gasteiger partial charge on any atom is 0.220 e. The lowest BCUT2D eigenvalue weighted by Gasteiger charge is -2.26. The van der Waals surface area contributed by atoms with Gasteiger partial charge in [0.15, 0.2) is 5.16 Å². The van der Waals surface area contributed by atoms with Crippen molar-refractivity contribution < 1.29 is 4.74 Å². The van der Waals surface area contributed by atoms with Crippen LogP contribution in [0, 0.1) is 0 Å². The van der Waals surface area contributed by atoms with Crippen molar-refractivity contribution in [3.8, 4) is 5.88 Å². The Bertz CT molecular complexity index is 610. The molecule has 1 aliphatic rings. The van der Waals surface area contributed by atoms with E-state index in [-0.39, 0.29) is 6.10 Å². The van der Waals surface area contributed by atoms with Crippen LogP contribution in [-0.4, -0.2) is 23.3 Å². The molecule has 0 radical (unpaired) electrons. The molecule has 2 aromatic rings. The average molecular weight is 301 g/mol. The molecule has 0 saturated carbocycles. The highest BCUT2D eigenvalue weighted by Crippen LogP contribution is 2.33. The highest BCUT2D eigenvalue weighted by Gasteiger charge is 2.22. The largest absolute Gasteiger partial charge is 0.469 e. The first-order valence-electron chi connectivity index (χ1n) is 7.15. The van der Waals surface area contributed by atoms with Gasteiger partial charge in [-0.25, -0.2) is 4.98 Å². The normalized spacial score (nSPS) is 17.1. The van der Waals surface area contributed by atoms with Crippen molar-refractivity contribution >= 4 is 17.6 Å². The molecule has 0 fully saturated rings. The summed E-state index contributed by atoms with van der Waals surface area (Å²) in [5.41, 5.74) is 2.68. The molecular weight excluding hydrogens is 282 g/mol. The Morgan fingerprint density at radius 2 is 2.14 bits per heavy atom. The molecule has 0 spiro atoms. The van der Waals surface area contributed by atoms with E-state index in [0.29, 0.717) is 5.88 Å². The van der Waals surface area contributed by atoms with Crippen LogP contribution in [-0.2, 0) is 6.42 Å². The van der Waals surface area contributed by atoms with Crippen LogP contribution in [0.4, 0.5) is 5.82 Å². The molecule has 21 heavy (non-hydrogen) atoms. The summed E-state index contributed by atoms with van der Waals surface area (Å²) in [5, 5.41) is 3.78. The molecular formula is C16H19N3OS. The van der Waals surface area contributed by atoms with E-state index in [9.17, 15) is 0 Å². The monoisotopic (exact) mass is 301 g/mol. The molecule has 1 aliphatic carbocycles. The van der Waals surface area contributed by atoms with E-state index >= 15 is 0 Å². The van der Waals surface area contributed by atoms with E-state index in [1.165, 1.54) is 22.9 Å². The second-order valence-corrected chi connectivity index (χ2v) is 5.80. The quantitative estimate of drug-likeness (QED) is 0.689. The van der Waals surface area contributed by atoms with Gasteiger partial charge in [0.05, 0.1) is 0 Å². The van der Waals surface area contributed by atoms with Crippen molar-refractivity contribution in [1.29, 1.82) is 0 Å². The molecule has 1 N–H and O–H groups in total. The third-order valence-electron chi connectivity index (χ3n) is 3.70. The highest BCUT2D eigenvalue weighted by molar-refractivity contribution is 7.98. The molecule has 1 atom stereocenters. The molecule has 0 aliphatic heterocycles. The van der Waals surface area contributed by atoms with Gasteiger partial charge >= 0.3 is 0 Å². The lowest BCUT2D eigenvalue weighted by molar-refractivity contribution is 0.174. The zero-order valence-electron chi connectivity index (χ0n) is 12.3. The maximum atomic E-state index is 6.16. The number of anilines is 1. The third-order valence-corrected chi connectivity index (χ3v) is 4.25. The Labute approximate surface area is 129 Å². The predicted octanol–water partition coefficient (Wildman–Crippen LogP) is 3.70. The molecule has 0 saturated heterocycles. The molecule has 0 bridgehead atoms. The van der Waals surface area contributed by atoms with Crippen molar-refractivity contribution in [1.82, 2.24) is 9.97 Å². The summed E-state index contributed by atoms with van der Waals surface area (Å²) in [5.74, 6) is 1.42. The number of benzene rings is 1. The number of hydrogen-bond acceptors (Lipinski definition) is 5. The SMILES string of the molecule is CNc1cc(OC2CCCc3ccccc32)nc(SC)n1. The van der Waals surface area contributed by atoms with E-state index in [2.05, 4.69) is 39.6 Å². The molecule has 1 heterocycles. The van der Waals surface area contributed by atoms with Gasteiger partial charge in [-0.1, -0.05) is 36.0 Å². The van der Waals surface area contributed by atoms with Crippen LogP contribution < -0.4 is 10.1 Å². The van der Waals surface area contributed by atoms with Crippen LogP contribution in [0.5, 0.6) is 5.88 Å². The topological polar surface area (TPSA) is 47.0 Å². The maximum absolute atomic E-state index is 6.16. The van der Waals surface area contributed by atoms with Crippen LogP contribution in [0.3, 0.4) is 0 Å². The van der Waals surface area contributed by atoms with E-state index in [1.807, 2.05) is 19.4 Å². The van der Waals surface area contributed by atoms with Gasteiger partial charge in [0, 0.05) is 13.1 Å². The molecule has 0 amide bonds. The van der Waals surface area contributed by atoms with Crippen LogP contribution in [0.25, 0.3) is 0 Å². The summed E-state index contributed by atoms with van der Waals surface area (Å²) in [7, 11) is 1.85. The lowest BCUT2D eigenvalue weighted by Crippen LogP contribution is -2.16. The molecule has 3 rings (SSSR count). The minimum absolute atomic E-state index is 0.0873. The fourth-order valence-electron chi connectivity index (χ4n) is 2.66. The zero-order chi connectivity index (χ0) is 14.7. The van der Waals surface area contributed by atoms with E-state index < -0.39 is 0 Å². The van der Waals surface area contributed by atoms with Gasteiger partial charge in [0.1, 0.15) is 11.9 Å². The Kier molecular flexibility index (Phi) is 4.29. The third kappa shape index (κ3) is 3.13. The first kappa shape index (κ1) is 14.2. The number of rotatable bonds is 4. The molecule has 4 nitrogen and oxygen atoms in total. The van der Waals surface area contributed by atoms with Gasteiger partial charge < -0.3 is 10.1 Å². The van der Waals surface area contributed by atoms with Gasteiger partial charge in [0.2, 0.25) is 5.88 Å². The molecule has 110 valence electrons. The minimum atomic E-state index is 0.0873. The number of thioether (sulfide) groups is 1. The van der Waals surface area contributed by atoms with Crippen molar-refractivity contribution in [2.45, 2.75) is 30.5 Å². The minimum Gasteiger partial charge on any atom is -0.469 e. The Hall–Kier alpha value is -1.75. The number of aryl methyl sites for hydroxylation is 1. The second kappa shape index (κ2) is 6.35. The summed E-state index contributed by atoms with van der Waals surface area (Å²) >= 11 is 1.52. The average Bonchev–Trinajstić information content (AvgIpc) is 2.55. The van der Waals surface area contributed by atoms with Gasteiger partial charge in [-0.3, -0.25) is 0 Å². The van der Waals surface area contributed by atoms with Crippen LogP contribution in [0.15, 0.2) is 35.5 Å². The summed E-state index contributed by atoms with van der Waals surface area (Å²) in [6.07, 6.45) is 5.38. The number of fused-ring (bicyclic) bond motifs is 1. The van der Waals surface area contributed by atoms with Crippen molar-refractivity contribution in [3.63, 3.8) is 0 Å². The number of nitrogens with one attached hydrogen (secondary N) is 1. The van der Waals surface area contributed by atoms with Gasteiger partial charge in [0.25, 0.3) is 0 Å². The summed E-state index contributed by atoms with van der Waals surface area (Å²) in [6, 6.07) is 10.4. The zero-order valence-corrected chi connectivity index (χ0v) is 13.1. The van der Waals surface area contributed by atoms with Crippen LogP contribution >= 0.6 is 11.8 Å². The Morgan fingerprint density at radius 1 is 1.29 bits per heavy atom.